The monoisotopic (exact) mass is 334 g/mol. The van der Waals surface area contributed by atoms with Crippen LogP contribution < -0.4 is 0 Å². The van der Waals surface area contributed by atoms with Gasteiger partial charge in [0.15, 0.2) is 0 Å². The number of hydrogen-bond donors (Lipinski definition) is 0. The standard InChI is InChI=1S/C15H22N6OS/c1-12(2)14(21-10-16-9-18-21)15(22)20-5-3-19(4-6-20)7-13-8-23-11-17-13/h8-12,14H,3-7H2,1-2H3/t14-/m0/s1. The summed E-state index contributed by atoms with van der Waals surface area (Å²) in [5, 5.41) is 6.24. The lowest BCUT2D eigenvalue weighted by atomic mass is 10.0. The van der Waals surface area contributed by atoms with E-state index in [0.717, 1.165) is 38.4 Å². The van der Waals surface area contributed by atoms with Crippen molar-refractivity contribution in [1.82, 2.24) is 29.5 Å². The van der Waals surface area contributed by atoms with Gasteiger partial charge in [0.2, 0.25) is 5.91 Å². The first kappa shape index (κ1) is 16.1. The third-order valence-corrected chi connectivity index (χ3v) is 4.79. The molecule has 0 aromatic carbocycles. The van der Waals surface area contributed by atoms with Crippen LogP contribution in [0.4, 0.5) is 0 Å². The molecule has 0 saturated carbocycles. The zero-order valence-electron chi connectivity index (χ0n) is 13.5. The van der Waals surface area contributed by atoms with Crippen molar-refractivity contribution in [2.24, 2.45) is 5.92 Å². The fourth-order valence-electron chi connectivity index (χ4n) is 2.92. The molecule has 3 rings (SSSR count). The highest BCUT2D eigenvalue weighted by atomic mass is 32.1. The van der Waals surface area contributed by atoms with Gasteiger partial charge in [0, 0.05) is 38.1 Å². The molecule has 1 fully saturated rings. The summed E-state index contributed by atoms with van der Waals surface area (Å²) in [4.78, 5) is 25.5. The number of thiazole rings is 1. The first-order valence-corrected chi connectivity index (χ1v) is 8.81. The third kappa shape index (κ3) is 3.76. The molecule has 7 nitrogen and oxygen atoms in total. The minimum Gasteiger partial charge on any atom is -0.338 e. The van der Waals surface area contributed by atoms with Gasteiger partial charge in [-0.25, -0.2) is 14.6 Å². The van der Waals surface area contributed by atoms with Crippen LogP contribution in [0.1, 0.15) is 25.6 Å². The number of hydrogen-bond acceptors (Lipinski definition) is 6. The average Bonchev–Trinajstić information content (AvgIpc) is 3.21. The van der Waals surface area contributed by atoms with Crippen LogP contribution in [-0.2, 0) is 11.3 Å². The van der Waals surface area contributed by atoms with Crippen LogP contribution >= 0.6 is 11.3 Å². The molecular weight excluding hydrogens is 312 g/mol. The fraction of sp³-hybridized carbons (Fsp3) is 0.600. The minimum atomic E-state index is -0.275. The topological polar surface area (TPSA) is 67.2 Å². The van der Waals surface area contributed by atoms with E-state index in [1.165, 1.54) is 6.33 Å². The predicted molar refractivity (Wildman–Crippen MR) is 87.9 cm³/mol. The molecule has 1 atom stereocenters. The molecule has 0 aliphatic carbocycles. The van der Waals surface area contributed by atoms with Gasteiger partial charge in [-0.05, 0) is 5.92 Å². The molecule has 1 aliphatic heterocycles. The van der Waals surface area contributed by atoms with Gasteiger partial charge in [0.1, 0.15) is 18.7 Å². The Kier molecular flexibility index (Phi) is 5.02. The molecule has 8 heteroatoms. The number of rotatable bonds is 5. The largest absolute Gasteiger partial charge is 0.338 e. The van der Waals surface area contributed by atoms with E-state index in [9.17, 15) is 4.79 Å². The normalized spacial score (nSPS) is 17.6. The number of carbonyl (C=O) groups excluding carboxylic acids is 1. The summed E-state index contributed by atoms with van der Waals surface area (Å²) in [6.07, 6.45) is 3.11. The van der Waals surface area contributed by atoms with Crippen molar-refractivity contribution in [3.05, 3.63) is 29.2 Å². The summed E-state index contributed by atoms with van der Waals surface area (Å²) in [6.45, 7) is 8.21. The van der Waals surface area contributed by atoms with Crippen molar-refractivity contribution in [2.45, 2.75) is 26.4 Å². The first-order valence-electron chi connectivity index (χ1n) is 7.87. The van der Waals surface area contributed by atoms with E-state index in [0.29, 0.717) is 0 Å². The highest BCUT2D eigenvalue weighted by molar-refractivity contribution is 7.07. The first-order chi connectivity index (χ1) is 11.1. The predicted octanol–water partition coefficient (Wildman–Crippen LogP) is 1.28. The van der Waals surface area contributed by atoms with Crippen LogP contribution in [0, 0.1) is 5.92 Å². The molecule has 124 valence electrons. The van der Waals surface area contributed by atoms with Gasteiger partial charge in [-0.15, -0.1) is 11.3 Å². The highest BCUT2D eigenvalue weighted by Gasteiger charge is 2.31. The zero-order chi connectivity index (χ0) is 16.2. The lowest BCUT2D eigenvalue weighted by Gasteiger charge is -2.36. The molecule has 0 spiro atoms. The molecule has 0 N–H and O–H groups in total. The molecule has 2 aromatic heterocycles. The molecule has 2 aromatic rings. The van der Waals surface area contributed by atoms with E-state index in [1.54, 1.807) is 22.3 Å². The number of amides is 1. The molecule has 1 amide bonds. The summed E-state index contributed by atoms with van der Waals surface area (Å²) in [5.41, 5.74) is 2.97. The van der Waals surface area contributed by atoms with Gasteiger partial charge in [0.25, 0.3) is 0 Å². The maximum absolute atomic E-state index is 12.9. The van der Waals surface area contributed by atoms with Crippen LogP contribution in [0.2, 0.25) is 0 Å². The smallest absolute Gasteiger partial charge is 0.247 e. The van der Waals surface area contributed by atoms with Gasteiger partial charge >= 0.3 is 0 Å². The molecule has 1 aliphatic rings. The lowest BCUT2D eigenvalue weighted by molar-refractivity contribution is -0.138. The molecule has 0 unspecified atom stereocenters. The van der Waals surface area contributed by atoms with Gasteiger partial charge in [-0.3, -0.25) is 9.69 Å². The van der Waals surface area contributed by atoms with Crippen molar-refractivity contribution < 1.29 is 4.79 Å². The number of aromatic nitrogens is 4. The van der Waals surface area contributed by atoms with Crippen molar-refractivity contribution in [1.29, 1.82) is 0 Å². The zero-order valence-corrected chi connectivity index (χ0v) is 14.3. The van der Waals surface area contributed by atoms with E-state index in [1.807, 2.05) is 24.3 Å². The van der Waals surface area contributed by atoms with E-state index >= 15 is 0 Å². The van der Waals surface area contributed by atoms with Crippen LogP contribution in [-0.4, -0.2) is 61.6 Å². The fourth-order valence-corrected chi connectivity index (χ4v) is 3.47. The SMILES string of the molecule is CC(C)[C@@H](C(=O)N1CCN(Cc2cscn2)CC1)n1cncn1. The Labute approximate surface area is 140 Å². The summed E-state index contributed by atoms with van der Waals surface area (Å²) >= 11 is 1.62. The molecule has 0 bridgehead atoms. The second kappa shape index (κ2) is 7.18. The van der Waals surface area contributed by atoms with Crippen LogP contribution in [0.5, 0.6) is 0 Å². The van der Waals surface area contributed by atoms with Crippen LogP contribution in [0.3, 0.4) is 0 Å². The second-order valence-electron chi connectivity index (χ2n) is 6.15. The summed E-state index contributed by atoms with van der Waals surface area (Å²) in [6, 6.07) is -0.275. The van der Waals surface area contributed by atoms with Gasteiger partial charge in [-0.1, -0.05) is 13.8 Å². The summed E-state index contributed by atoms with van der Waals surface area (Å²) in [5.74, 6) is 0.316. The Morgan fingerprint density at radius 2 is 2.09 bits per heavy atom. The average molecular weight is 334 g/mol. The number of piperazine rings is 1. The molecule has 1 saturated heterocycles. The Hall–Kier alpha value is -1.80. The number of carbonyl (C=O) groups is 1. The van der Waals surface area contributed by atoms with Crippen LogP contribution in [0.25, 0.3) is 0 Å². The maximum Gasteiger partial charge on any atom is 0.247 e. The van der Waals surface area contributed by atoms with E-state index in [4.69, 9.17) is 0 Å². The highest BCUT2D eigenvalue weighted by Crippen LogP contribution is 2.20. The van der Waals surface area contributed by atoms with E-state index < -0.39 is 0 Å². The summed E-state index contributed by atoms with van der Waals surface area (Å²) < 4.78 is 1.68. The van der Waals surface area contributed by atoms with Crippen molar-refractivity contribution in [3.8, 4) is 0 Å². The lowest BCUT2D eigenvalue weighted by Crippen LogP contribution is -2.51. The maximum atomic E-state index is 12.9. The van der Waals surface area contributed by atoms with E-state index in [-0.39, 0.29) is 17.9 Å². The molecule has 3 heterocycles. The van der Waals surface area contributed by atoms with E-state index in [2.05, 4.69) is 25.3 Å². The summed E-state index contributed by atoms with van der Waals surface area (Å²) in [7, 11) is 0. The van der Waals surface area contributed by atoms with Gasteiger partial charge in [-0.2, -0.15) is 5.10 Å². The quantitative estimate of drug-likeness (QED) is 0.824. The Morgan fingerprint density at radius 1 is 1.30 bits per heavy atom. The number of nitrogens with zero attached hydrogens (tertiary/aromatic N) is 6. The third-order valence-electron chi connectivity index (χ3n) is 4.16. The van der Waals surface area contributed by atoms with Crippen molar-refractivity contribution in [3.63, 3.8) is 0 Å². The Bertz CT molecular complexity index is 604. The molecular formula is C15H22N6OS. The van der Waals surface area contributed by atoms with Gasteiger partial charge in [0.05, 0.1) is 11.2 Å². The Morgan fingerprint density at radius 3 is 2.65 bits per heavy atom. The molecule has 23 heavy (non-hydrogen) atoms. The van der Waals surface area contributed by atoms with Crippen molar-refractivity contribution >= 4 is 17.2 Å². The molecule has 0 radical (unpaired) electrons. The van der Waals surface area contributed by atoms with Crippen LogP contribution in [0.15, 0.2) is 23.5 Å². The van der Waals surface area contributed by atoms with Crippen molar-refractivity contribution in [2.75, 3.05) is 26.2 Å². The Balaban J connectivity index is 1.59. The van der Waals surface area contributed by atoms with Gasteiger partial charge < -0.3 is 4.90 Å². The minimum absolute atomic E-state index is 0.138. The second-order valence-corrected chi connectivity index (χ2v) is 6.86.